The molecule has 298 valence electrons. The second-order valence-corrected chi connectivity index (χ2v) is 18.2. The van der Waals surface area contributed by atoms with Crippen molar-refractivity contribution in [3.63, 3.8) is 0 Å². The predicted molar refractivity (Wildman–Crippen MR) is 216 cm³/mol. The van der Waals surface area contributed by atoms with Crippen molar-refractivity contribution < 1.29 is 30.3 Å². The van der Waals surface area contributed by atoms with Crippen LogP contribution in [-0.4, -0.2) is 66.2 Å². The van der Waals surface area contributed by atoms with Crippen LogP contribution in [0.15, 0.2) is 46.6 Å². The molecule has 0 spiro atoms. The molecule has 0 aromatic heterocycles. The van der Waals surface area contributed by atoms with E-state index in [-0.39, 0.29) is 18.3 Å². The number of hydrogen-bond donors (Lipinski definition) is 5. The van der Waals surface area contributed by atoms with E-state index in [1.54, 1.807) is 0 Å². The van der Waals surface area contributed by atoms with E-state index in [9.17, 15) is 20.4 Å². The molecule has 1 aliphatic rings. The summed E-state index contributed by atoms with van der Waals surface area (Å²) in [6, 6.07) is 0. The molecule has 0 bridgehead atoms. The second-order valence-electron chi connectivity index (χ2n) is 18.2. The highest BCUT2D eigenvalue weighted by molar-refractivity contribution is 5.07. The average molecular weight is 719 g/mol. The number of ether oxygens (including phenoxy) is 1. The fraction of sp³-hybridized carbons (Fsp3) is 0.822. The van der Waals surface area contributed by atoms with Crippen molar-refractivity contribution in [2.24, 2.45) is 0 Å². The Labute approximate surface area is 314 Å². The summed E-state index contributed by atoms with van der Waals surface area (Å²) in [7, 11) is 0. The molecule has 6 heteroatoms. The van der Waals surface area contributed by atoms with Crippen molar-refractivity contribution in [2.75, 3.05) is 6.61 Å². The van der Waals surface area contributed by atoms with Gasteiger partial charge >= 0.3 is 0 Å². The highest BCUT2D eigenvalue weighted by atomic mass is 16.5. The van der Waals surface area contributed by atoms with Gasteiger partial charge in [0.05, 0.1) is 40.7 Å². The van der Waals surface area contributed by atoms with E-state index in [1.807, 2.05) is 40.7 Å². The zero-order valence-electron chi connectivity index (χ0n) is 34.9. The van der Waals surface area contributed by atoms with Gasteiger partial charge in [-0.05, 0) is 198 Å². The van der Waals surface area contributed by atoms with E-state index in [0.717, 1.165) is 96.3 Å². The third-order valence-electron chi connectivity index (χ3n) is 11.3. The maximum absolute atomic E-state index is 11.0. The van der Waals surface area contributed by atoms with Crippen molar-refractivity contribution in [2.45, 2.75) is 232 Å². The Bertz CT molecular complexity index is 1100. The van der Waals surface area contributed by atoms with Crippen molar-refractivity contribution in [1.29, 1.82) is 0 Å². The van der Waals surface area contributed by atoms with Gasteiger partial charge in [0, 0.05) is 0 Å². The van der Waals surface area contributed by atoms with Crippen LogP contribution in [0.5, 0.6) is 0 Å². The van der Waals surface area contributed by atoms with Crippen LogP contribution in [0.3, 0.4) is 0 Å². The molecule has 1 saturated heterocycles. The molecule has 0 unspecified atom stereocenters. The van der Waals surface area contributed by atoms with E-state index in [4.69, 9.17) is 9.84 Å². The second kappa shape index (κ2) is 22.8. The first kappa shape index (κ1) is 47.7. The average Bonchev–Trinajstić information content (AvgIpc) is 3.39. The van der Waals surface area contributed by atoms with E-state index < -0.39 is 22.4 Å². The van der Waals surface area contributed by atoms with Crippen LogP contribution in [-0.2, 0) is 4.74 Å². The first-order valence-corrected chi connectivity index (χ1v) is 20.4. The maximum Gasteiger partial charge on any atom is 0.0864 e. The standard InChI is InChI=1S/C45H82O6/c1-36(18-11-19-37(2)21-13-23-39(4)26-35-46)20-12-22-38(3)24-14-27-42(7,48)28-15-29-43(8,49)30-16-31-44(9,50)32-17-33-45(10)34-25-40(51-45)41(5,6)47/h18,21-22,26,40,46-50H,11-17,19-20,23-25,27-35H2,1-10H3/b36-18+,37-21+,38-22+,39-26+/t40-,42+,43+,44+,45+/m0/s1. The van der Waals surface area contributed by atoms with Crippen molar-refractivity contribution in [3.8, 4) is 0 Å². The Kier molecular flexibility index (Phi) is 21.4. The minimum atomic E-state index is -0.830. The van der Waals surface area contributed by atoms with Crippen LogP contribution >= 0.6 is 0 Å². The van der Waals surface area contributed by atoms with Gasteiger partial charge < -0.3 is 30.3 Å². The fourth-order valence-corrected chi connectivity index (χ4v) is 7.45. The van der Waals surface area contributed by atoms with Crippen LogP contribution in [0.4, 0.5) is 0 Å². The van der Waals surface area contributed by atoms with E-state index in [2.05, 4.69) is 52.8 Å². The molecule has 0 saturated carbocycles. The summed E-state index contributed by atoms with van der Waals surface area (Å²) in [6.45, 7) is 20.3. The topological polar surface area (TPSA) is 110 Å². The molecule has 1 heterocycles. The minimum absolute atomic E-state index is 0.128. The Balaban J connectivity index is 2.26. The molecule has 51 heavy (non-hydrogen) atoms. The van der Waals surface area contributed by atoms with Gasteiger partial charge in [0.15, 0.2) is 0 Å². The molecule has 0 aliphatic carbocycles. The first-order chi connectivity index (χ1) is 23.6. The molecule has 5 atom stereocenters. The van der Waals surface area contributed by atoms with Gasteiger partial charge in [-0.2, -0.15) is 0 Å². The highest BCUT2D eigenvalue weighted by Crippen LogP contribution is 2.39. The Morgan fingerprint density at radius 3 is 1.35 bits per heavy atom. The number of allylic oxidation sites excluding steroid dienone is 7. The SMILES string of the molecule is C/C(=C\CO)CC/C=C(\C)CC/C=C(\C)CC/C=C(\C)CCC[C@@](C)(O)CCC[C@@](C)(O)CCC[C@@](C)(O)CCC[C@]1(C)CC[C@@H](C(C)(C)O)O1. The first-order valence-electron chi connectivity index (χ1n) is 20.4. The lowest BCUT2D eigenvalue weighted by Gasteiger charge is -2.31. The Morgan fingerprint density at radius 2 is 0.961 bits per heavy atom. The zero-order valence-corrected chi connectivity index (χ0v) is 34.9. The number of rotatable bonds is 27. The predicted octanol–water partition coefficient (Wildman–Crippen LogP) is 10.7. The lowest BCUT2D eigenvalue weighted by Crippen LogP contribution is -2.38. The normalized spacial score (nSPS) is 23.3. The molecule has 0 aromatic rings. The smallest absolute Gasteiger partial charge is 0.0864 e. The summed E-state index contributed by atoms with van der Waals surface area (Å²) in [4.78, 5) is 0. The van der Waals surface area contributed by atoms with Gasteiger partial charge in [-0.1, -0.05) is 46.6 Å². The molecular weight excluding hydrogens is 636 g/mol. The summed E-state index contributed by atoms with van der Waals surface area (Å²) >= 11 is 0. The summed E-state index contributed by atoms with van der Waals surface area (Å²) in [5.74, 6) is 0. The summed E-state index contributed by atoms with van der Waals surface area (Å²) < 4.78 is 6.21. The molecule has 1 rings (SSSR count). The third-order valence-corrected chi connectivity index (χ3v) is 11.3. The lowest BCUT2D eigenvalue weighted by molar-refractivity contribution is -0.119. The van der Waals surface area contributed by atoms with Crippen LogP contribution in [0.25, 0.3) is 0 Å². The van der Waals surface area contributed by atoms with Crippen LogP contribution in [0.2, 0.25) is 0 Å². The van der Waals surface area contributed by atoms with Crippen molar-refractivity contribution in [1.82, 2.24) is 0 Å². The Hall–Kier alpha value is -1.28. The highest BCUT2D eigenvalue weighted by Gasteiger charge is 2.42. The van der Waals surface area contributed by atoms with Gasteiger partial charge in [0.1, 0.15) is 0 Å². The molecular formula is C45H82O6. The summed E-state index contributed by atoms with van der Waals surface area (Å²) in [5, 5.41) is 52.3. The van der Waals surface area contributed by atoms with Gasteiger partial charge in [-0.3, -0.25) is 0 Å². The molecule has 5 N–H and O–H groups in total. The zero-order chi connectivity index (χ0) is 38.8. The third kappa shape index (κ3) is 23.2. The quantitative estimate of drug-likeness (QED) is 0.0541. The molecule has 1 fully saturated rings. The molecule has 0 amide bonds. The molecule has 6 nitrogen and oxygen atoms in total. The number of hydrogen-bond acceptors (Lipinski definition) is 6. The van der Waals surface area contributed by atoms with Gasteiger partial charge in [0.25, 0.3) is 0 Å². The van der Waals surface area contributed by atoms with Crippen LogP contribution in [0, 0.1) is 0 Å². The van der Waals surface area contributed by atoms with Crippen LogP contribution < -0.4 is 0 Å². The molecule has 0 aromatic carbocycles. The van der Waals surface area contributed by atoms with Crippen LogP contribution in [0.1, 0.15) is 198 Å². The molecule has 0 radical (unpaired) electrons. The van der Waals surface area contributed by atoms with Crippen molar-refractivity contribution in [3.05, 3.63) is 46.6 Å². The number of aliphatic hydroxyl groups is 5. The maximum atomic E-state index is 11.0. The minimum Gasteiger partial charge on any atom is -0.392 e. The lowest BCUT2D eigenvalue weighted by atomic mass is 9.84. The monoisotopic (exact) mass is 719 g/mol. The van der Waals surface area contributed by atoms with Gasteiger partial charge in [-0.25, -0.2) is 0 Å². The van der Waals surface area contributed by atoms with Gasteiger partial charge in [0.2, 0.25) is 0 Å². The van der Waals surface area contributed by atoms with Gasteiger partial charge in [-0.15, -0.1) is 0 Å². The van der Waals surface area contributed by atoms with E-state index in [0.29, 0.717) is 32.1 Å². The van der Waals surface area contributed by atoms with Crippen molar-refractivity contribution >= 4 is 0 Å². The fourth-order valence-electron chi connectivity index (χ4n) is 7.45. The van der Waals surface area contributed by atoms with E-state index >= 15 is 0 Å². The molecule has 1 aliphatic heterocycles. The Morgan fingerprint density at radius 1 is 0.588 bits per heavy atom. The summed E-state index contributed by atoms with van der Waals surface area (Å²) in [5.41, 5.74) is 2.14. The largest absolute Gasteiger partial charge is 0.392 e. The summed E-state index contributed by atoms with van der Waals surface area (Å²) in [6.07, 6.45) is 26.3. The van der Waals surface area contributed by atoms with E-state index in [1.165, 1.54) is 22.3 Å². The number of aliphatic hydroxyl groups excluding tert-OH is 1.